The van der Waals surface area contributed by atoms with Gasteiger partial charge in [0.25, 0.3) is 5.91 Å². The molecule has 0 radical (unpaired) electrons. The zero-order valence-electron chi connectivity index (χ0n) is 15.6. The molecular weight excluding hydrogens is 354 g/mol. The summed E-state index contributed by atoms with van der Waals surface area (Å²) >= 11 is 0. The molecule has 0 saturated heterocycles. The fourth-order valence-corrected chi connectivity index (χ4v) is 3.49. The predicted octanol–water partition coefficient (Wildman–Crippen LogP) is 2.97. The lowest BCUT2D eigenvalue weighted by molar-refractivity contribution is -0.120. The van der Waals surface area contributed by atoms with Gasteiger partial charge in [0.05, 0.1) is 0 Å². The molecule has 1 N–H and O–H groups in total. The van der Waals surface area contributed by atoms with Gasteiger partial charge >= 0.3 is 0 Å². The molecule has 0 spiro atoms. The molecule has 1 atom stereocenters. The van der Waals surface area contributed by atoms with Crippen molar-refractivity contribution in [3.63, 3.8) is 0 Å². The Morgan fingerprint density at radius 1 is 1.18 bits per heavy atom. The van der Waals surface area contributed by atoms with E-state index in [0.717, 1.165) is 23.2 Å². The van der Waals surface area contributed by atoms with Crippen LogP contribution in [0.15, 0.2) is 65.2 Å². The van der Waals surface area contributed by atoms with Crippen LogP contribution in [-0.2, 0) is 17.6 Å². The molecule has 0 saturated carbocycles. The summed E-state index contributed by atoms with van der Waals surface area (Å²) in [4.78, 5) is 27.0. The fraction of sp³-hybridized carbons (Fsp3) is 0.227. The summed E-state index contributed by atoms with van der Waals surface area (Å²) in [6, 6.07) is 18.6. The lowest BCUT2D eigenvalue weighted by Crippen LogP contribution is -2.46. The molecule has 0 fully saturated rings. The summed E-state index contributed by atoms with van der Waals surface area (Å²) in [5, 5.41) is 6.69. The number of carbonyl (C=O) groups excluding carboxylic acids is 2. The molecule has 4 rings (SSSR count). The van der Waals surface area contributed by atoms with Crippen LogP contribution in [0.5, 0.6) is 0 Å². The van der Waals surface area contributed by atoms with Gasteiger partial charge in [0.15, 0.2) is 5.69 Å². The molecule has 2 aromatic carbocycles. The third kappa shape index (κ3) is 3.67. The summed E-state index contributed by atoms with van der Waals surface area (Å²) < 4.78 is 5.30. The van der Waals surface area contributed by atoms with Crippen molar-refractivity contribution in [3.8, 4) is 0 Å². The van der Waals surface area contributed by atoms with Crippen LogP contribution in [0.4, 0.5) is 5.69 Å². The van der Waals surface area contributed by atoms with Gasteiger partial charge in [0, 0.05) is 25.2 Å². The van der Waals surface area contributed by atoms with Crippen molar-refractivity contribution >= 4 is 17.5 Å². The van der Waals surface area contributed by atoms with E-state index in [9.17, 15) is 9.59 Å². The Morgan fingerprint density at radius 3 is 2.75 bits per heavy atom. The van der Waals surface area contributed by atoms with Gasteiger partial charge in [-0.05, 0) is 30.0 Å². The van der Waals surface area contributed by atoms with Crippen LogP contribution in [0.25, 0.3) is 0 Å². The molecule has 1 unspecified atom stereocenters. The third-order valence-corrected chi connectivity index (χ3v) is 5.00. The molecule has 0 aliphatic carbocycles. The lowest BCUT2D eigenvalue weighted by atomic mass is 10.1. The first-order valence-electron chi connectivity index (χ1n) is 9.27. The van der Waals surface area contributed by atoms with Crippen LogP contribution in [0.1, 0.15) is 33.8 Å². The maximum Gasteiger partial charge on any atom is 0.274 e. The molecular formula is C22H21N3O3. The third-order valence-electron chi connectivity index (χ3n) is 5.00. The van der Waals surface area contributed by atoms with E-state index in [2.05, 4.69) is 10.5 Å². The van der Waals surface area contributed by atoms with E-state index in [-0.39, 0.29) is 11.6 Å². The second-order valence-corrected chi connectivity index (χ2v) is 6.93. The summed E-state index contributed by atoms with van der Waals surface area (Å²) in [5.41, 5.74) is 3.24. The first-order chi connectivity index (χ1) is 13.6. The van der Waals surface area contributed by atoms with Gasteiger partial charge in [0.2, 0.25) is 5.91 Å². The Labute approximate surface area is 163 Å². The number of fused-ring (bicyclic) bond motifs is 1. The monoisotopic (exact) mass is 375 g/mol. The van der Waals surface area contributed by atoms with Crippen molar-refractivity contribution in [2.75, 3.05) is 11.9 Å². The van der Waals surface area contributed by atoms with Gasteiger partial charge in [-0.25, -0.2) is 0 Å². The number of likely N-dealkylation sites (N-methyl/N-ethyl adjacent to an activating group) is 1. The Bertz CT molecular complexity index is 997. The van der Waals surface area contributed by atoms with Crippen LogP contribution in [0, 0.1) is 0 Å². The van der Waals surface area contributed by atoms with Gasteiger partial charge in [-0.1, -0.05) is 53.7 Å². The number of nitrogens with one attached hydrogen (secondary N) is 1. The maximum absolute atomic E-state index is 12.8. The van der Waals surface area contributed by atoms with Crippen LogP contribution in [-0.4, -0.2) is 30.1 Å². The van der Waals surface area contributed by atoms with Crippen LogP contribution < -0.4 is 10.2 Å². The van der Waals surface area contributed by atoms with E-state index in [1.165, 1.54) is 0 Å². The molecule has 142 valence electrons. The average molecular weight is 375 g/mol. The highest BCUT2D eigenvalue weighted by atomic mass is 16.5. The summed E-state index contributed by atoms with van der Waals surface area (Å²) in [6.07, 6.45) is 1.82. The first kappa shape index (κ1) is 18.0. The first-order valence-corrected chi connectivity index (χ1v) is 9.27. The highest BCUT2D eigenvalue weighted by Gasteiger charge is 2.30. The minimum Gasteiger partial charge on any atom is -0.360 e. The number of hydrogen-bond donors (Lipinski definition) is 1. The fourth-order valence-electron chi connectivity index (χ4n) is 3.49. The highest BCUT2D eigenvalue weighted by molar-refractivity contribution is 6.02. The second-order valence-electron chi connectivity index (χ2n) is 6.93. The van der Waals surface area contributed by atoms with Gasteiger partial charge in [0.1, 0.15) is 11.8 Å². The number of nitrogens with zero attached hydrogens (tertiary/aromatic N) is 2. The number of benzene rings is 2. The summed E-state index contributed by atoms with van der Waals surface area (Å²) in [7, 11) is 1.74. The number of aryl methyl sites for hydroxylation is 1. The largest absolute Gasteiger partial charge is 0.360 e. The molecule has 3 aromatic rings. The molecule has 28 heavy (non-hydrogen) atoms. The van der Waals surface area contributed by atoms with Crippen LogP contribution in [0.2, 0.25) is 0 Å². The quantitative estimate of drug-likeness (QED) is 0.761. The van der Waals surface area contributed by atoms with Crippen molar-refractivity contribution in [1.29, 1.82) is 0 Å². The van der Waals surface area contributed by atoms with E-state index in [0.29, 0.717) is 18.6 Å². The highest BCUT2D eigenvalue weighted by Crippen LogP contribution is 2.25. The number of rotatable bonds is 4. The molecule has 2 heterocycles. The lowest BCUT2D eigenvalue weighted by Gasteiger charge is -2.21. The number of amides is 2. The molecule has 2 amide bonds. The van der Waals surface area contributed by atoms with Gasteiger partial charge < -0.3 is 14.7 Å². The van der Waals surface area contributed by atoms with E-state index < -0.39 is 11.9 Å². The molecule has 1 aliphatic heterocycles. The number of para-hydroxylation sites is 1. The molecule has 0 bridgehead atoms. The predicted molar refractivity (Wildman–Crippen MR) is 105 cm³/mol. The minimum absolute atomic E-state index is 0.133. The second kappa shape index (κ2) is 7.68. The van der Waals surface area contributed by atoms with Crippen LogP contribution >= 0.6 is 0 Å². The number of carbonyl (C=O) groups is 2. The van der Waals surface area contributed by atoms with Crippen molar-refractivity contribution in [3.05, 3.63) is 83.2 Å². The standard InChI is InChI=1S/C22H21N3O3/c1-25-20-10-6-5-9-16(20)11-12-18(22(25)27)23-21(26)19-14-17(28-24-19)13-15-7-3-2-4-8-15/h2-10,14,18H,11-13H2,1H3,(H,23,26). The van der Waals surface area contributed by atoms with Crippen molar-refractivity contribution < 1.29 is 14.1 Å². The SMILES string of the molecule is CN1C(=O)C(NC(=O)c2cc(Cc3ccccc3)on2)CCc2ccccc21. The topological polar surface area (TPSA) is 75.4 Å². The van der Waals surface area contributed by atoms with Gasteiger partial charge in [-0.15, -0.1) is 0 Å². The van der Waals surface area contributed by atoms with Crippen molar-refractivity contribution in [2.45, 2.75) is 25.3 Å². The number of aromatic nitrogens is 1. The van der Waals surface area contributed by atoms with Gasteiger partial charge in [-0.3, -0.25) is 9.59 Å². The van der Waals surface area contributed by atoms with Gasteiger partial charge in [-0.2, -0.15) is 0 Å². The van der Waals surface area contributed by atoms with E-state index in [1.807, 2.05) is 54.6 Å². The van der Waals surface area contributed by atoms with Crippen molar-refractivity contribution in [2.24, 2.45) is 0 Å². The average Bonchev–Trinajstić information content (AvgIpc) is 3.15. The van der Waals surface area contributed by atoms with E-state index in [4.69, 9.17) is 4.52 Å². The van der Waals surface area contributed by atoms with Crippen LogP contribution in [0.3, 0.4) is 0 Å². The Hall–Kier alpha value is -3.41. The smallest absolute Gasteiger partial charge is 0.274 e. The van der Waals surface area contributed by atoms with Crippen molar-refractivity contribution in [1.82, 2.24) is 10.5 Å². The summed E-state index contributed by atoms with van der Waals surface area (Å²) in [5.74, 6) is 0.0696. The Kier molecular flexibility index (Phi) is 4.93. The van der Waals surface area contributed by atoms with E-state index in [1.54, 1.807) is 18.0 Å². The normalized spacial score (nSPS) is 16.4. The minimum atomic E-state index is -0.598. The summed E-state index contributed by atoms with van der Waals surface area (Å²) in [6.45, 7) is 0. The Morgan fingerprint density at radius 2 is 1.93 bits per heavy atom. The molecule has 6 heteroatoms. The number of anilines is 1. The zero-order chi connectivity index (χ0) is 19.5. The van der Waals surface area contributed by atoms with E-state index >= 15 is 0 Å². The molecule has 1 aliphatic rings. The zero-order valence-corrected chi connectivity index (χ0v) is 15.6. The maximum atomic E-state index is 12.8. The molecule has 1 aromatic heterocycles. The number of hydrogen-bond acceptors (Lipinski definition) is 4. The Balaban J connectivity index is 1.45. The molecule has 6 nitrogen and oxygen atoms in total.